The molecule has 1 N–H and O–H groups in total. The molecule has 0 fully saturated rings. The van der Waals surface area contributed by atoms with E-state index < -0.39 is 0 Å². The third-order valence-corrected chi connectivity index (χ3v) is 3.08. The third kappa shape index (κ3) is 2.08. The molecule has 17 heavy (non-hydrogen) atoms. The molecule has 0 bridgehead atoms. The lowest BCUT2D eigenvalue weighted by atomic mass is 10.1. The summed E-state index contributed by atoms with van der Waals surface area (Å²) in [4.78, 5) is 0. The maximum atomic E-state index is 5.98. The average Bonchev–Trinajstić information content (AvgIpc) is 2.31. The molecule has 3 heteroatoms. The number of halogens is 1. The van der Waals surface area contributed by atoms with Crippen molar-refractivity contribution in [3.8, 4) is 11.5 Å². The molecule has 0 atom stereocenters. The molecule has 0 amide bonds. The number of hydrogen-bond acceptors (Lipinski definition) is 2. The highest BCUT2D eigenvalue weighted by Crippen LogP contribution is 2.35. The Morgan fingerprint density at radius 3 is 2.88 bits per heavy atom. The summed E-state index contributed by atoms with van der Waals surface area (Å²) in [5, 5.41) is 4.05. The summed E-state index contributed by atoms with van der Waals surface area (Å²) in [5.41, 5.74) is 2.17. The molecule has 2 aromatic rings. The smallest absolute Gasteiger partial charge is 0.150 e. The number of para-hydroxylation sites is 1. The first-order valence-electron chi connectivity index (χ1n) is 5.62. The lowest BCUT2D eigenvalue weighted by Crippen LogP contribution is -2.09. The summed E-state index contributed by atoms with van der Waals surface area (Å²) < 4.78 is 5.92. The van der Waals surface area contributed by atoms with Gasteiger partial charge in [-0.3, -0.25) is 0 Å². The van der Waals surface area contributed by atoms with Crippen LogP contribution in [0.2, 0.25) is 5.02 Å². The number of hydrogen-bond donors (Lipinski definition) is 1. The summed E-state index contributed by atoms with van der Waals surface area (Å²) in [6.07, 6.45) is 0.947. The van der Waals surface area contributed by atoms with Crippen LogP contribution in [0.5, 0.6) is 11.5 Å². The van der Waals surface area contributed by atoms with Gasteiger partial charge in [-0.25, -0.2) is 0 Å². The highest BCUT2D eigenvalue weighted by molar-refractivity contribution is 6.30. The maximum absolute atomic E-state index is 5.98. The van der Waals surface area contributed by atoms with Crippen molar-refractivity contribution in [2.75, 3.05) is 11.9 Å². The number of anilines is 1. The molecule has 0 radical (unpaired) electrons. The van der Waals surface area contributed by atoms with Crippen molar-refractivity contribution in [2.24, 2.45) is 0 Å². The largest absolute Gasteiger partial charge is 0.455 e. The molecule has 0 unspecified atom stereocenters. The quantitative estimate of drug-likeness (QED) is 0.755. The van der Waals surface area contributed by atoms with Crippen molar-refractivity contribution in [3.05, 3.63) is 53.1 Å². The summed E-state index contributed by atoms with van der Waals surface area (Å²) in [6, 6.07) is 13.7. The van der Waals surface area contributed by atoms with Gasteiger partial charge in [-0.1, -0.05) is 29.8 Å². The van der Waals surface area contributed by atoms with Crippen LogP contribution >= 0.6 is 11.6 Å². The van der Waals surface area contributed by atoms with Crippen molar-refractivity contribution in [3.63, 3.8) is 0 Å². The monoisotopic (exact) mass is 245 g/mol. The van der Waals surface area contributed by atoms with E-state index in [-0.39, 0.29) is 0 Å². The summed E-state index contributed by atoms with van der Waals surface area (Å²) in [5.74, 6) is 1.75. The van der Waals surface area contributed by atoms with Crippen LogP contribution in [0.1, 0.15) is 5.56 Å². The van der Waals surface area contributed by atoms with Crippen molar-refractivity contribution >= 4 is 17.3 Å². The fraction of sp³-hybridized carbons (Fsp3) is 0.143. The van der Waals surface area contributed by atoms with Gasteiger partial charge in [0.05, 0.1) is 5.69 Å². The van der Waals surface area contributed by atoms with Gasteiger partial charge in [-0.05, 0) is 36.2 Å². The van der Waals surface area contributed by atoms with Crippen molar-refractivity contribution < 1.29 is 4.74 Å². The number of nitrogens with one attached hydrogen (secondary N) is 1. The lowest BCUT2D eigenvalue weighted by molar-refractivity contribution is 0.475. The normalized spacial score (nSPS) is 13.5. The average molecular weight is 246 g/mol. The van der Waals surface area contributed by atoms with Crippen LogP contribution in [0, 0.1) is 0 Å². The molecule has 86 valence electrons. The minimum atomic E-state index is 0.716. The van der Waals surface area contributed by atoms with E-state index in [0.29, 0.717) is 5.02 Å². The number of rotatable bonds is 0. The third-order valence-electron chi connectivity index (χ3n) is 2.84. The molecular weight excluding hydrogens is 234 g/mol. The predicted octanol–water partition coefficient (Wildman–Crippen LogP) is 4.10. The fourth-order valence-corrected chi connectivity index (χ4v) is 2.16. The van der Waals surface area contributed by atoms with Crippen molar-refractivity contribution in [1.82, 2.24) is 0 Å². The number of ether oxygens (including phenoxy) is 1. The second-order valence-electron chi connectivity index (χ2n) is 4.03. The minimum Gasteiger partial charge on any atom is -0.455 e. The molecule has 2 aromatic carbocycles. The Hall–Kier alpha value is -1.67. The standard InChI is InChI=1S/C14H12ClNO/c15-11-5-6-14-12(9-11)16-8-7-10-3-1-2-4-13(10)17-14/h1-6,9,16H,7-8H2. The van der Waals surface area contributed by atoms with Gasteiger partial charge < -0.3 is 10.1 Å². The first kappa shape index (κ1) is 10.5. The van der Waals surface area contributed by atoms with Crippen LogP contribution in [0.4, 0.5) is 5.69 Å². The molecule has 2 nitrogen and oxygen atoms in total. The van der Waals surface area contributed by atoms with E-state index in [1.54, 1.807) is 0 Å². The van der Waals surface area contributed by atoms with Gasteiger partial charge >= 0.3 is 0 Å². The summed E-state index contributed by atoms with van der Waals surface area (Å²) in [6.45, 7) is 0.883. The number of fused-ring (bicyclic) bond motifs is 2. The molecule has 3 rings (SSSR count). The second kappa shape index (κ2) is 4.30. The highest BCUT2D eigenvalue weighted by atomic mass is 35.5. The summed E-state index contributed by atoms with van der Waals surface area (Å²) >= 11 is 5.98. The molecule has 1 aliphatic heterocycles. The van der Waals surface area contributed by atoms with Crippen LogP contribution in [0.15, 0.2) is 42.5 Å². The van der Waals surface area contributed by atoms with Crippen LogP contribution in [0.3, 0.4) is 0 Å². The SMILES string of the molecule is Clc1ccc2c(c1)NCCc1ccccc1O2. The minimum absolute atomic E-state index is 0.716. The van der Waals surface area contributed by atoms with Gasteiger partial charge in [0, 0.05) is 11.6 Å². The predicted molar refractivity (Wildman–Crippen MR) is 70.2 cm³/mol. The van der Waals surface area contributed by atoms with E-state index in [1.165, 1.54) is 5.56 Å². The van der Waals surface area contributed by atoms with Gasteiger partial charge in [0.2, 0.25) is 0 Å². The zero-order valence-corrected chi connectivity index (χ0v) is 10.00. The van der Waals surface area contributed by atoms with Gasteiger partial charge in [-0.15, -0.1) is 0 Å². The summed E-state index contributed by atoms with van der Waals surface area (Å²) in [7, 11) is 0. The molecule has 0 aromatic heterocycles. The van der Waals surface area contributed by atoms with Crippen LogP contribution in [0.25, 0.3) is 0 Å². The van der Waals surface area contributed by atoms with Crippen LogP contribution in [-0.4, -0.2) is 6.54 Å². The van der Waals surface area contributed by atoms with Gasteiger partial charge in [0.25, 0.3) is 0 Å². The number of benzene rings is 2. The Bertz CT molecular complexity index is 554. The Balaban J connectivity index is 2.06. The zero-order chi connectivity index (χ0) is 11.7. The fourth-order valence-electron chi connectivity index (χ4n) is 1.99. The zero-order valence-electron chi connectivity index (χ0n) is 9.24. The van der Waals surface area contributed by atoms with E-state index in [9.17, 15) is 0 Å². The maximum Gasteiger partial charge on any atom is 0.150 e. The first-order chi connectivity index (χ1) is 8.33. The van der Waals surface area contributed by atoms with E-state index in [4.69, 9.17) is 16.3 Å². The lowest BCUT2D eigenvalue weighted by Gasteiger charge is -2.19. The van der Waals surface area contributed by atoms with Gasteiger partial charge in [-0.2, -0.15) is 0 Å². The molecule has 0 saturated carbocycles. The van der Waals surface area contributed by atoms with Crippen molar-refractivity contribution in [1.29, 1.82) is 0 Å². The molecule has 0 aliphatic carbocycles. The van der Waals surface area contributed by atoms with Crippen LogP contribution < -0.4 is 10.1 Å². The Morgan fingerprint density at radius 2 is 1.94 bits per heavy atom. The molecule has 0 spiro atoms. The van der Waals surface area contributed by atoms with E-state index in [2.05, 4.69) is 11.4 Å². The molecule has 0 saturated heterocycles. The van der Waals surface area contributed by atoms with Crippen LogP contribution in [-0.2, 0) is 6.42 Å². The molecular formula is C14H12ClNO. The first-order valence-corrected chi connectivity index (χ1v) is 6.00. The Morgan fingerprint density at radius 1 is 1.06 bits per heavy atom. The van der Waals surface area contributed by atoms with Crippen molar-refractivity contribution in [2.45, 2.75) is 6.42 Å². The van der Waals surface area contributed by atoms with E-state index in [0.717, 1.165) is 30.2 Å². The van der Waals surface area contributed by atoms with E-state index >= 15 is 0 Å². The van der Waals surface area contributed by atoms with Gasteiger partial charge in [0.1, 0.15) is 5.75 Å². The second-order valence-corrected chi connectivity index (χ2v) is 4.46. The Kier molecular flexibility index (Phi) is 2.65. The molecule has 1 heterocycles. The highest BCUT2D eigenvalue weighted by Gasteiger charge is 2.12. The van der Waals surface area contributed by atoms with E-state index in [1.807, 2.05) is 36.4 Å². The Labute approximate surface area is 105 Å². The molecule has 1 aliphatic rings. The topological polar surface area (TPSA) is 21.3 Å². The van der Waals surface area contributed by atoms with Gasteiger partial charge in [0.15, 0.2) is 5.75 Å².